The molecule has 1 saturated heterocycles. The van der Waals surface area contributed by atoms with Gasteiger partial charge in [0, 0.05) is 38.4 Å². The van der Waals surface area contributed by atoms with Gasteiger partial charge in [0.2, 0.25) is 0 Å². The number of piperazine rings is 1. The van der Waals surface area contributed by atoms with E-state index in [1.807, 2.05) is 43.3 Å². The van der Waals surface area contributed by atoms with E-state index in [0.29, 0.717) is 18.0 Å². The Morgan fingerprint density at radius 1 is 1.04 bits per heavy atom. The smallest absolute Gasteiger partial charge is 0.161 e. The highest BCUT2D eigenvalue weighted by Crippen LogP contribution is 2.28. The molecule has 2 aromatic rings. The summed E-state index contributed by atoms with van der Waals surface area (Å²) >= 11 is 0. The maximum absolute atomic E-state index is 10.4. The Kier molecular flexibility index (Phi) is 7.34. The van der Waals surface area contributed by atoms with E-state index in [1.165, 1.54) is 5.69 Å². The molecule has 1 aliphatic rings. The highest BCUT2D eigenvalue weighted by atomic mass is 16.5. The van der Waals surface area contributed by atoms with Gasteiger partial charge in [0.05, 0.1) is 7.11 Å². The Balaban J connectivity index is 1.46. The van der Waals surface area contributed by atoms with Crippen LogP contribution >= 0.6 is 0 Å². The standard InChI is InChI=1S/C23H30N2O3/c1-3-7-19-10-11-22(23(16-19)27-2)28-18-21(26)17-24-12-14-25(15-13-24)20-8-5-4-6-9-20/h3-11,16,21,26H,12-15,17-18H2,1-2H3/b7-3+. The average molecular weight is 383 g/mol. The molecule has 0 spiro atoms. The number of nitrogens with zero attached hydrogens (tertiary/aromatic N) is 2. The summed E-state index contributed by atoms with van der Waals surface area (Å²) in [4.78, 5) is 4.68. The molecule has 0 radical (unpaired) electrons. The van der Waals surface area contributed by atoms with Gasteiger partial charge in [-0.25, -0.2) is 0 Å². The van der Waals surface area contributed by atoms with Crippen LogP contribution in [0.5, 0.6) is 11.5 Å². The van der Waals surface area contributed by atoms with Crippen molar-refractivity contribution in [2.45, 2.75) is 13.0 Å². The topological polar surface area (TPSA) is 45.2 Å². The highest BCUT2D eigenvalue weighted by Gasteiger charge is 2.20. The first kappa shape index (κ1) is 20.2. The van der Waals surface area contributed by atoms with E-state index in [9.17, 15) is 5.11 Å². The van der Waals surface area contributed by atoms with Crippen LogP contribution in [0, 0.1) is 0 Å². The van der Waals surface area contributed by atoms with Crippen LogP contribution in [-0.4, -0.2) is 62.6 Å². The number of ether oxygens (including phenoxy) is 2. The lowest BCUT2D eigenvalue weighted by molar-refractivity contribution is 0.0653. The summed E-state index contributed by atoms with van der Waals surface area (Å²) in [5.74, 6) is 1.34. The number of anilines is 1. The number of methoxy groups -OCH3 is 1. The molecule has 5 heteroatoms. The lowest BCUT2D eigenvalue weighted by atomic mass is 10.2. The van der Waals surface area contributed by atoms with Gasteiger partial charge in [-0.15, -0.1) is 0 Å². The second-order valence-electron chi connectivity index (χ2n) is 7.00. The summed E-state index contributed by atoms with van der Waals surface area (Å²) in [6.45, 7) is 6.66. The van der Waals surface area contributed by atoms with E-state index in [4.69, 9.17) is 9.47 Å². The molecule has 0 saturated carbocycles. The van der Waals surface area contributed by atoms with Crippen molar-refractivity contribution in [2.75, 3.05) is 51.3 Å². The predicted molar refractivity (Wildman–Crippen MR) is 114 cm³/mol. The van der Waals surface area contributed by atoms with E-state index in [2.05, 4.69) is 34.1 Å². The number of hydrogen-bond donors (Lipinski definition) is 1. The van der Waals surface area contributed by atoms with Crippen molar-refractivity contribution in [1.29, 1.82) is 0 Å². The van der Waals surface area contributed by atoms with Gasteiger partial charge in [0.25, 0.3) is 0 Å². The van der Waals surface area contributed by atoms with Crippen LogP contribution < -0.4 is 14.4 Å². The van der Waals surface area contributed by atoms with E-state index >= 15 is 0 Å². The molecule has 0 amide bonds. The zero-order chi connectivity index (χ0) is 19.8. The number of aliphatic hydroxyl groups excluding tert-OH is 1. The molecule has 28 heavy (non-hydrogen) atoms. The van der Waals surface area contributed by atoms with Crippen molar-refractivity contribution >= 4 is 11.8 Å². The van der Waals surface area contributed by atoms with Crippen LogP contribution in [0.15, 0.2) is 54.6 Å². The van der Waals surface area contributed by atoms with Gasteiger partial charge in [0.15, 0.2) is 11.5 Å². The first-order valence-electron chi connectivity index (χ1n) is 9.83. The third kappa shape index (κ3) is 5.50. The lowest BCUT2D eigenvalue weighted by Gasteiger charge is -2.36. The Hall–Kier alpha value is -2.50. The lowest BCUT2D eigenvalue weighted by Crippen LogP contribution is -2.49. The first-order chi connectivity index (χ1) is 13.7. The summed E-state index contributed by atoms with van der Waals surface area (Å²) < 4.78 is 11.2. The fourth-order valence-corrected chi connectivity index (χ4v) is 3.46. The molecular weight excluding hydrogens is 352 g/mol. The Morgan fingerprint density at radius 3 is 2.46 bits per heavy atom. The average Bonchev–Trinajstić information content (AvgIpc) is 2.74. The second-order valence-corrected chi connectivity index (χ2v) is 7.00. The predicted octanol–water partition coefficient (Wildman–Crippen LogP) is 3.29. The quantitative estimate of drug-likeness (QED) is 0.759. The molecule has 0 aliphatic carbocycles. The van der Waals surface area contributed by atoms with Crippen molar-refractivity contribution in [3.05, 3.63) is 60.2 Å². The van der Waals surface area contributed by atoms with Gasteiger partial charge in [0.1, 0.15) is 12.7 Å². The number of benzene rings is 2. The highest BCUT2D eigenvalue weighted by molar-refractivity contribution is 5.55. The molecule has 2 aromatic carbocycles. The van der Waals surface area contributed by atoms with Crippen LogP contribution in [0.25, 0.3) is 6.08 Å². The van der Waals surface area contributed by atoms with Crippen LogP contribution in [0.2, 0.25) is 0 Å². The third-order valence-corrected chi connectivity index (χ3v) is 4.94. The zero-order valence-corrected chi connectivity index (χ0v) is 16.8. The first-order valence-corrected chi connectivity index (χ1v) is 9.83. The van der Waals surface area contributed by atoms with Crippen molar-refractivity contribution < 1.29 is 14.6 Å². The van der Waals surface area contributed by atoms with Gasteiger partial charge in [-0.05, 0) is 36.8 Å². The fraction of sp³-hybridized carbons (Fsp3) is 0.391. The summed E-state index contributed by atoms with van der Waals surface area (Å²) in [5.41, 5.74) is 2.32. The number of rotatable bonds is 8. The Bertz CT molecular complexity index is 756. The van der Waals surface area contributed by atoms with Gasteiger partial charge in [-0.3, -0.25) is 4.90 Å². The molecule has 150 valence electrons. The number of aliphatic hydroxyl groups is 1. The van der Waals surface area contributed by atoms with Crippen LogP contribution in [0.3, 0.4) is 0 Å². The van der Waals surface area contributed by atoms with Gasteiger partial charge in [-0.1, -0.05) is 36.4 Å². The monoisotopic (exact) mass is 382 g/mol. The molecule has 1 aliphatic heterocycles. The van der Waals surface area contributed by atoms with Crippen molar-refractivity contribution in [3.63, 3.8) is 0 Å². The molecule has 5 nitrogen and oxygen atoms in total. The van der Waals surface area contributed by atoms with Crippen molar-refractivity contribution in [3.8, 4) is 11.5 Å². The summed E-state index contributed by atoms with van der Waals surface area (Å²) in [5, 5.41) is 10.4. The van der Waals surface area contributed by atoms with Crippen LogP contribution in [0.4, 0.5) is 5.69 Å². The van der Waals surface area contributed by atoms with E-state index in [-0.39, 0.29) is 6.61 Å². The molecule has 1 unspecified atom stereocenters. The minimum atomic E-state index is -0.539. The van der Waals surface area contributed by atoms with E-state index < -0.39 is 6.10 Å². The number of hydrogen-bond acceptors (Lipinski definition) is 5. The van der Waals surface area contributed by atoms with Gasteiger partial charge < -0.3 is 19.5 Å². The Morgan fingerprint density at radius 2 is 1.79 bits per heavy atom. The fourth-order valence-electron chi connectivity index (χ4n) is 3.46. The molecule has 3 rings (SSSR count). The zero-order valence-electron chi connectivity index (χ0n) is 16.8. The molecule has 0 aromatic heterocycles. The number of para-hydroxylation sites is 1. The molecule has 0 bridgehead atoms. The second kappa shape index (κ2) is 10.2. The minimum Gasteiger partial charge on any atom is -0.493 e. The van der Waals surface area contributed by atoms with Gasteiger partial charge in [-0.2, -0.15) is 0 Å². The van der Waals surface area contributed by atoms with Crippen molar-refractivity contribution in [2.24, 2.45) is 0 Å². The third-order valence-electron chi connectivity index (χ3n) is 4.94. The normalized spacial score (nSPS) is 16.3. The van der Waals surface area contributed by atoms with Crippen molar-refractivity contribution in [1.82, 2.24) is 4.90 Å². The SMILES string of the molecule is C/C=C/c1ccc(OCC(O)CN2CCN(c3ccccc3)CC2)c(OC)c1. The molecule has 1 N–H and O–H groups in total. The summed E-state index contributed by atoms with van der Waals surface area (Å²) in [6.07, 6.45) is 3.45. The summed E-state index contributed by atoms with van der Waals surface area (Å²) in [6, 6.07) is 16.3. The number of allylic oxidation sites excluding steroid dienone is 1. The minimum absolute atomic E-state index is 0.248. The van der Waals surface area contributed by atoms with Crippen LogP contribution in [0.1, 0.15) is 12.5 Å². The maximum Gasteiger partial charge on any atom is 0.161 e. The largest absolute Gasteiger partial charge is 0.493 e. The van der Waals surface area contributed by atoms with E-state index in [1.54, 1.807) is 7.11 Å². The molecule has 1 atom stereocenters. The van der Waals surface area contributed by atoms with E-state index in [0.717, 1.165) is 31.7 Å². The Labute approximate surface area is 167 Å². The van der Waals surface area contributed by atoms with Gasteiger partial charge >= 0.3 is 0 Å². The molecule has 1 fully saturated rings. The summed E-state index contributed by atoms with van der Waals surface area (Å²) in [7, 11) is 1.63. The number of β-amino-alcohol motifs (C(OH)–C–C–N with tert-alkyl or cyclic N) is 1. The molecular formula is C23H30N2O3. The maximum atomic E-state index is 10.4. The molecule has 1 heterocycles. The van der Waals surface area contributed by atoms with Crippen LogP contribution in [-0.2, 0) is 0 Å².